The van der Waals surface area contributed by atoms with Crippen molar-refractivity contribution in [3.8, 4) is 0 Å². The SMILES string of the molecule is O=C(Nc1cc(Cl)ccc1C(=O)N1CCCCCC1)c1cccs1. The first-order valence-electron chi connectivity index (χ1n) is 8.09. The number of thiophene rings is 1. The Morgan fingerprint density at radius 1 is 1.08 bits per heavy atom. The molecule has 0 unspecified atom stereocenters. The Kier molecular flexibility index (Phi) is 5.53. The molecule has 4 nitrogen and oxygen atoms in total. The molecule has 1 saturated heterocycles. The highest BCUT2D eigenvalue weighted by Gasteiger charge is 2.21. The summed E-state index contributed by atoms with van der Waals surface area (Å²) in [5.74, 6) is -0.271. The number of hydrogen-bond donors (Lipinski definition) is 1. The molecule has 2 amide bonds. The fourth-order valence-corrected chi connectivity index (χ4v) is 3.63. The van der Waals surface area contributed by atoms with Crippen molar-refractivity contribution in [1.29, 1.82) is 0 Å². The lowest BCUT2D eigenvalue weighted by atomic mass is 10.1. The number of carbonyl (C=O) groups is 2. The first-order chi connectivity index (χ1) is 11.6. The van der Waals surface area contributed by atoms with Gasteiger partial charge in [0.1, 0.15) is 0 Å². The van der Waals surface area contributed by atoms with E-state index in [9.17, 15) is 9.59 Å². The number of anilines is 1. The minimum absolute atomic E-state index is 0.0463. The fourth-order valence-electron chi connectivity index (χ4n) is 2.84. The van der Waals surface area contributed by atoms with Crippen LogP contribution in [0.25, 0.3) is 0 Å². The molecule has 0 radical (unpaired) electrons. The van der Waals surface area contributed by atoms with E-state index in [0.29, 0.717) is 21.2 Å². The van der Waals surface area contributed by atoms with Crippen LogP contribution in [0.1, 0.15) is 45.7 Å². The molecule has 1 aromatic carbocycles. The van der Waals surface area contributed by atoms with Crippen molar-refractivity contribution in [3.63, 3.8) is 0 Å². The molecule has 126 valence electrons. The maximum atomic E-state index is 12.9. The Balaban J connectivity index is 1.84. The summed E-state index contributed by atoms with van der Waals surface area (Å²) in [5, 5.41) is 5.16. The van der Waals surface area contributed by atoms with E-state index >= 15 is 0 Å². The van der Waals surface area contributed by atoms with Gasteiger partial charge in [-0.05, 0) is 42.5 Å². The molecule has 0 spiro atoms. The van der Waals surface area contributed by atoms with E-state index in [-0.39, 0.29) is 11.8 Å². The van der Waals surface area contributed by atoms with Crippen molar-refractivity contribution in [3.05, 3.63) is 51.2 Å². The summed E-state index contributed by atoms with van der Waals surface area (Å²) in [6.45, 7) is 1.53. The molecule has 6 heteroatoms. The number of carbonyl (C=O) groups excluding carboxylic acids is 2. The number of amides is 2. The lowest BCUT2D eigenvalue weighted by molar-refractivity contribution is 0.0762. The van der Waals surface area contributed by atoms with Gasteiger partial charge in [0, 0.05) is 18.1 Å². The first kappa shape index (κ1) is 17.0. The normalized spacial score (nSPS) is 15.0. The zero-order valence-electron chi connectivity index (χ0n) is 13.3. The number of likely N-dealkylation sites (tertiary alicyclic amines) is 1. The van der Waals surface area contributed by atoms with Crippen molar-refractivity contribution in [1.82, 2.24) is 4.90 Å². The van der Waals surface area contributed by atoms with E-state index in [0.717, 1.165) is 38.8 Å². The van der Waals surface area contributed by atoms with Crippen LogP contribution in [0.15, 0.2) is 35.7 Å². The Labute approximate surface area is 150 Å². The van der Waals surface area contributed by atoms with Gasteiger partial charge in [0.05, 0.1) is 16.1 Å². The predicted molar refractivity (Wildman–Crippen MR) is 98.1 cm³/mol. The molecule has 2 heterocycles. The molecule has 3 rings (SSSR count). The van der Waals surface area contributed by atoms with Crippen molar-refractivity contribution in [2.75, 3.05) is 18.4 Å². The molecule has 1 aliphatic rings. The van der Waals surface area contributed by atoms with Crippen LogP contribution in [0.3, 0.4) is 0 Å². The van der Waals surface area contributed by atoms with Gasteiger partial charge in [-0.3, -0.25) is 9.59 Å². The van der Waals surface area contributed by atoms with E-state index in [1.54, 1.807) is 24.3 Å². The largest absolute Gasteiger partial charge is 0.339 e. The predicted octanol–water partition coefficient (Wildman–Crippen LogP) is 4.67. The highest BCUT2D eigenvalue weighted by molar-refractivity contribution is 7.12. The molecule has 0 aliphatic carbocycles. The average molecular weight is 363 g/mol. The van der Waals surface area contributed by atoms with Gasteiger partial charge in [-0.2, -0.15) is 0 Å². The molecule has 1 fully saturated rings. The Morgan fingerprint density at radius 2 is 1.83 bits per heavy atom. The van der Waals surface area contributed by atoms with Crippen molar-refractivity contribution in [2.45, 2.75) is 25.7 Å². The van der Waals surface area contributed by atoms with Crippen LogP contribution in [0.4, 0.5) is 5.69 Å². The Hall–Kier alpha value is -1.85. The monoisotopic (exact) mass is 362 g/mol. The number of hydrogen-bond acceptors (Lipinski definition) is 3. The molecule has 0 atom stereocenters. The van der Waals surface area contributed by atoms with Gasteiger partial charge in [-0.25, -0.2) is 0 Å². The zero-order chi connectivity index (χ0) is 16.9. The molecular weight excluding hydrogens is 344 g/mol. The van der Waals surface area contributed by atoms with Gasteiger partial charge < -0.3 is 10.2 Å². The highest BCUT2D eigenvalue weighted by Crippen LogP contribution is 2.25. The third-order valence-corrected chi connectivity index (χ3v) is 5.20. The van der Waals surface area contributed by atoms with E-state index in [1.807, 2.05) is 16.3 Å². The van der Waals surface area contributed by atoms with Crippen LogP contribution >= 0.6 is 22.9 Å². The molecule has 2 aromatic rings. The van der Waals surface area contributed by atoms with Gasteiger partial charge in [-0.1, -0.05) is 30.5 Å². The highest BCUT2D eigenvalue weighted by atomic mass is 35.5. The minimum Gasteiger partial charge on any atom is -0.339 e. The number of nitrogens with zero attached hydrogens (tertiary/aromatic N) is 1. The summed E-state index contributed by atoms with van der Waals surface area (Å²) < 4.78 is 0. The van der Waals surface area contributed by atoms with Crippen LogP contribution in [-0.4, -0.2) is 29.8 Å². The zero-order valence-corrected chi connectivity index (χ0v) is 14.8. The maximum Gasteiger partial charge on any atom is 0.265 e. The standard InChI is InChI=1S/C18H19ClN2O2S/c19-13-7-8-14(18(23)21-9-3-1-2-4-10-21)15(12-13)20-17(22)16-6-5-11-24-16/h5-8,11-12H,1-4,9-10H2,(H,20,22). The van der Waals surface area contributed by atoms with Crippen LogP contribution in [0.2, 0.25) is 5.02 Å². The van der Waals surface area contributed by atoms with Gasteiger partial charge in [0.2, 0.25) is 0 Å². The van der Waals surface area contributed by atoms with Gasteiger partial charge in [0.25, 0.3) is 11.8 Å². The fraction of sp³-hybridized carbons (Fsp3) is 0.333. The maximum absolute atomic E-state index is 12.9. The van der Waals surface area contributed by atoms with Crippen molar-refractivity contribution < 1.29 is 9.59 Å². The topological polar surface area (TPSA) is 49.4 Å². The van der Waals surface area contributed by atoms with Crippen LogP contribution < -0.4 is 5.32 Å². The minimum atomic E-state index is -0.225. The molecule has 24 heavy (non-hydrogen) atoms. The molecule has 1 aliphatic heterocycles. The number of rotatable bonds is 3. The summed E-state index contributed by atoms with van der Waals surface area (Å²) in [5.41, 5.74) is 0.960. The van der Waals surface area contributed by atoms with E-state index in [2.05, 4.69) is 5.32 Å². The second-order valence-electron chi connectivity index (χ2n) is 5.83. The summed E-state index contributed by atoms with van der Waals surface area (Å²) in [6, 6.07) is 8.59. The van der Waals surface area contributed by atoms with E-state index in [1.165, 1.54) is 11.3 Å². The quantitative estimate of drug-likeness (QED) is 0.862. The number of nitrogens with one attached hydrogen (secondary N) is 1. The summed E-state index contributed by atoms with van der Waals surface area (Å²) in [7, 11) is 0. The molecule has 0 bridgehead atoms. The van der Waals surface area contributed by atoms with Crippen molar-refractivity contribution >= 4 is 40.4 Å². The van der Waals surface area contributed by atoms with Crippen LogP contribution in [0.5, 0.6) is 0 Å². The van der Waals surface area contributed by atoms with Crippen LogP contribution in [0, 0.1) is 0 Å². The van der Waals surface area contributed by atoms with Crippen LogP contribution in [-0.2, 0) is 0 Å². The molecule has 0 saturated carbocycles. The average Bonchev–Trinajstić information content (AvgIpc) is 2.97. The Bertz CT molecular complexity index is 723. The third-order valence-electron chi connectivity index (χ3n) is 4.10. The van der Waals surface area contributed by atoms with E-state index in [4.69, 9.17) is 11.6 Å². The second kappa shape index (κ2) is 7.81. The number of halogens is 1. The molecular formula is C18H19ClN2O2S. The third kappa shape index (κ3) is 3.97. The van der Waals surface area contributed by atoms with Crippen molar-refractivity contribution in [2.24, 2.45) is 0 Å². The van der Waals surface area contributed by atoms with E-state index < -0.39 is 0 Å². The van der Waals surface area contributed by atoms with Gasteiger partial charge in [-0.15, -0.1) is 11.3 Å². The van der Waals surface area contributed by atoms with Gasteiger partial charge >= 0.3 is 0 Å². The first-order valence-corrected chi connectivity index (χ1v) is 9.34. The lowest BCUT2D eigenvalue weighted by Crippen LogP contribution is -2.32. The summed E-state index contributed by atoms with van der Waals surface area (Å²) in [4.78, 5) is 27.7. The Morgan fingerprint density at radius 3 is 2.50 bits per heavy atom. The summed E-state index contributed by atoms with van der Waals surface area (Å²) in [6.07, 6.45) is 4.37. The molecule has 1 aromatic heterocycles. The summed E-state index contributed by atoms with van der Waals surface area (Å²) >= 11 is 7.43. The van der Waals surface area contributed by atoms with Gasteiger partial charge in [0.15, 0.2) is 0 Å². The second-order valence-corrected chi connectivity index (χ2v) is 7.21. The smallest absolute Gasteiger partial charge is 0.265 e. The molecule has 1 N–H and O–H groups in total. The number of benzene rings is 1. The lowest BCUT2D eigenvalue weighted by Gasteiger charge is -2.22.